The molecule has 25 heavy (non-hydrogen) atoms. The van der Waals surface area contributed by atoms with Crippen molar-refractivity contribution in [3.63, 3.8) is 0 Å². The minimum Gasteiger partial charge on any atom is -0.494 e. The van der Waals surface area contributed by atoms with Crippen molar-refractivity contribution in [2.75, 3.05) is 13.2 Å². The largest absolute Gasteiger partial charge is 0.494 e. The molecule has 2 aromatic rings. The molecule has 0 saturated carbocycles. The number of rotatable bonds is 8. The molecule has 0 aliphatic heterocycles. The number of carbonyl (C=O) groups is 1. The SMILES string of the molecule is CCOc1ccc(CCCNC(=O)c2ccc(Cl)c([N+](=O)[O-])c2)cc1. The Morgan fingerprint density at radius 1 is 1.24 bits per heavy atom. The number of benzene rings is 2. The second-order valence-corrected chi connectivity index (χ2v) is 5.77. The van der Waals surface area contributed by atoms with Crippen LogP contribution in [-0.2, 0) is 6.42 Å². The van der Waals surface area contributed by atoms with Crippen molar-refractivity contribution in [2.45, 2.75) is 19.8 Å². The van der Waals surface area contributed by atoms with Gasteiger partial charge in [0.25, 0.3) is 11.6 Å². The molecular formula is C18H19ClN2O4. The Kier molecular flexibility index (Phi) is 6.77. The van der Waals surface area contributed by atoms with Crippen molar-refractivity contribution < 1.29 is 14.5 Å². The number of amides is 1. The first-order chi connectivity index (χ1) is 12.0. The summed E-state index contributed by atoms with van der Waals surface area (Å²) < 4.78 is 5.39. The van der Waals surface area contributed by atoms with Crippen LogP contribution in [0.3, 0.4) is 0 Å². The normalized spacial score (nSPS) is 10.3. The van der Waals surface area contributed by atoms with Gasteiger partial charge in [0.1, 0.15) is 10.8 Å². The summed E-state index contributed by atoms with van der Waals surface area (Å²) in [7, 11) is 0. The lowest BCUT2D eigenvalue weighted by Crippen LogP contribution is -2.24. The number of nitrogens with zero attached hydrogens (tertiary/aromatic N) is 1. The van der Waals surface area contributed by atoms with Gasteiger partial charge in [0.15, 0.2) is 0 Å². The van der Waals surface area contributed by atoms with Crippen LogP contribution in [0.2, 0.25) is 5.02 Å². The highest BCUT2D eigenvalue weighted by molar-refractivity contribution is 6.32. The lowest BCUT2D eigenvalue weighted by atomic mass is 10.1. The number of halogens is 1. The number of nitro benzene ring substituents is 1. The summed E-state index contributed by atoms with van der Waals surface area (Å²) in [5, 5.41) is 13.6. The monoisotopic (exact) mass is 362 g/mol. The van der Waals surface area contributed by atoms with Crippen molar-refractivity contribution in [3.05, 3.63) is 68.7 Å². The van der Waals surface area contributed by atoms with E-state index >= 15 is 0 Å². The number of nitrogens with one attached hydrogen (secondary N) is 1. The van der Waals surface area contributed by atoms with Gasteiger partial charge in [0.2, 0.25) is 0 Å². The molecule has 0 heterocycles. The Morgan fingerprint density at radius 2 is 1.96 bits per heavy atom. The van der Waals surface area contributed by atoms with Crippen LogP contribution in [0, 0.1) is 10.1 Å². The molecule has 0 fully saturated rings. The van der Waals surface area contributed by atoms with Gasteiger partial charge in [-0.1, -0.05) is 23.7 Å². The number of hydrogen-bond acceptors (Lipinski definition) is 4. The fourth-order valence-corrected chi connectivity index (χ4v) is 2.50. The topological polar surface area (TPSA) is 81.5 Å². The van der Waals surface area contributed by atoms with Crippen LogP contribution in [0.4, 0.5) is 5.69 Å². The molecule has 2 aromatic carbocycles. The molecule has 0 spiro atoms. The first-order valence-electron chi connectivity index (χ1n) is 7.95. The van der Waals surface area contributed by atoms with Gasteiger partial charge in [-0.25, -0.2) is 0 Å². The maximum atomic E-state index is 12.1. The molecule has 6 nitrogen and oxygen atoms in total. The first-order valence-corrected chi connectivity index (χ1v) is 8.33. The zero-order chi connectivity index (χ0) is 18.2. The molecule has 1 N–H and O–H groups in total. The Balaban J connectivity index is 1.82. The highest BCUT2D eigenvalue weighted by Gasteiger charge is 2.15. The number of aryl methyl sites for hydroxylation is 1. The predicted octanol–water partition coefficient (Wildman–Crippen LogP) is 4.01. The standard InChI is InChI=1S/C18H19ClN2O4/c1-2-25-15-8-5-13(6-9-15)4-3-11-20-18(22)14-7-10-16(19)17(12-14)21(23)24/h5-10,12H,2-4,11H2,1H3,(H,20,22). The quantitative estimate of drug-likeness (QED) is 0.437. The second-order valence-electron chi connectivity index (χ2n) is 5.36. The first kappa shape index (κ1) is 18.7. The van der Waals surface area contributed by atoms with Crippen LogP contribution < -0.4 is 10.1 Å². The molecule has 1 amide bonds. The van der Waals surface area contributed by atoms with Gasteiger partial charge in [-0.05, 0) is 49.6 Å². The third-order valence-electron chi connectivity index (χ3n) is 3.57. The van der Waals surface area contributed by atoms with E-state index in [1.807, 2.05) is 31.2 Å². The van der Waals surface area contributed by atoms with Crippen LogP contribution in [0.15, 0.2) is 42.5 Å². The maximum absolute atomic E-state index is 12.1. The van der Waals surface area contributed by atoms with Crippen molar-refractivity contribution in [2.24, 2.45) is 0 Å². The second kappa shape index (κ2) is 9.03. The summed E-state index contributed by atoms with van der Waals surface area (Å²) in [4.78, 5) is 22.3. The van der Waals surface area contributed by atoms with Gasteiger partial charge in [0.05, 0.1) is 11.5 Å². The molecule has 0 bridgehead atoms. The molecule has 0 saturated heterocycles. The molecule has 2 rings (SSSR count). The van der Waals surface area contributed by atoms with Crippen LogP contribution in [0.1, 0.15) is 29.3 Å². The maximum Gasteiger partial charge on any atom is 0.288 e. The van der Waals surface area contributed by atoms with E-state index in [0.29, 0.717) is 13.2 Å². The Bertz CT molecular complexity index is 747. The molecule has 0 aliphatic carbocycles. The van der Waals surface area contributed by atoms with Gasteiger partial charge in [-0.3, -0.25) is 14.9 Å². The Morgan fingerprint density at radius 3 is 2.60 bits per heavy atom. The number of nitro groups is 1. The van der Waals surface area contributed by atoms with E-state index in [1.165, 1.54) is 18.2 Å². The Hall–Kier alpha value is -2.60. The lowest BCUT2D eigenvalue weighted by Gasteiger charge is -2.07. The molecular weight excluding hydrogens is 344 g/mol. The van der Waals surface area contributed by atoms with Crippen molar-refractivity contribution in [1.29, 1.82) is 0 Å². The number of carbonyl (C=O) groups excluding carboxylic acids is 1. The fraction of sp³-hybridized carbons (Fsp3) is 0.278. The number of ether oxygens (including phenoxy) is 1. The minimum atomic E-state index is -0.606. The minimum absolute atomic E-state index is 0.0112. The van der Waals surface area contributed by atoms with E-state index in [4.69, 9.17) is 16.3 Å². The van der Waals surface area contributed by atoms with E-state index in [0.717, 1.165) is 24.2 Å². The molecule has 0 aromatic heterocycles. The predicted molar refractivity (Wildman–Crippen MR) is 96.4 cm³/mol. The van der Waals surface area contributed by atoms with Gasteiger partial charge in [-0.15, -0.1) is 0 Å². The molecule has 7 heteroatoms. The molecule has 0 radical (unpaired) electrons. The number of hydrogen-bond donors (Lipinski definition) is 1. The molecule has 0 atom stereocenters. The third-order valence-corrected chi connectivity index (χ3v) is 3.89. The van der Waals surface area contributed by atoms with Crippen LogP contribution >= 0.6 is 11.6 Å². The highest BCUT2D eigenvalue weighted by atomic mass is 35.5. The third kappa shape index (κ3) is 5.46. The molecule has 0 aliphatic rings. The summed E-state index contributed by atoms with van der Waals surface area (Å²) in [6.45, 7) is 3.04. The van der Waals surface area contributed by atoms with E-state index in [-0.39, 0.29) is 22.2 Å². The molecule has 132 valence electrons. The van der Waals surface area contributed by atoms with Crippen molar-refractivity contribution in [1.82, 2.24) is 5.32 Å². The average Bonchev–Trinajstić information content (AvgIpc) is 2.60. The zero-order valence-corrected chi connectivity index (χ0v) is 14.6. The summed E-state index contributed by atoms with van der Waals surface area (Å²) in [5.74, 6) is 0.482. The van der Waals surface area contributed by atoms with Crippen LogP contribution in [0.25, 0.3) is 0 Å². The average molecular weight is 363 g/mol. The van der Waals surface area contributed by atoms with Gasteiger partial charge >= 0.3 is 0 Å². The van der Waals surface area contributed by atoms with Crippen LogP contribution in [-0.4, -0.2) is 24.0 Å². The Labute approximate surface area is 150 Å². The summed E-state index contributed by atoms with van der Waals surface area (Å²) in [6.07, 6.45) is 1.57. The lowest BCUT2D eigenvalue weighted by molar-refractivity contribution is -0.384. The van der Waals surface area contributed by atoms with E-state index in [2.05, 4.69) is 5.32 Å². The van der Waals surface area contributed by atoms with Gasteiger partial charge in [0, 0.05) is 18.2 Å². The van der Waals surface area contributed by atoms with Crippen molar-refractivity contribution >= 4 is 23.2 Å². The summed E-state index contributed by atoms with van der Waals surface area (Å²) in [6, 6.07) is 11.8. The molecule has 0 unspecified atom stereocenters. The van der Waals surface area contributed by atoms with Gasteiger partial charge in [-0.2, -0.15) is 0 Å². The smallest absolute Gasteiger partial charge is 0.288 e. The summed E-state index contributed by atoms with van der Waals surface area (Å²) in [5.41, 5.74) is 1.10. The summed E-state index contributed by atoms with van der Waals surface area (Å²) >= 11 is 5.74. The van der Waals surface area contributed by atoms with Gasteiger partial charge < -0.3 is 10.1 Å². The van der Waals surface area contributed by atoms with E-state index < -0.39 is 4.92 Å². The zero-order valence-electron chi connectivity index (χ0n) is 13.8. The fourth-order valence-electron chi connectivity index (χ4n) is 2.31. The van der Waals surface area contributed by atoms with Crippen LogP contribution in [0.5, 0.6) is 5.75 Å². The van der Waals surface area contributed by atoms with E-state index in [9.17, 15) is 14.9 Å². The van der Waals surface area contributed by atoms with Crippen molar-refractivity contribution in [3.8, 4) is 5.75 Å². The highest BCUT2D eigenvalue weighted by Crippen LogP contribution is 2.25. The van der Waals surface area contributed by atoms with E-state index in [1.54, 1.807) is 0 Å².